The molecule has 0 spiro atoms. The second-order valence-corrected chi connectivity index (χ2v) is 9.22. The van der Waals surface area contributed by atoms with E-state index in [4.69, 9.17) is 14.7 Å². The maximum atomic E-state index is 13.3. The van der Waals surface area contributed by atoms with Gasteiger partial charge in [0.25, 0.3) is 0 Å². The van der Waals surface area contributed by atoms with Gasteiger partial charge in [0.2, 0.25) is 0 Å². The van der Waals surface area contributed by atoms with Crippen molar-refractivity contribution in [1.82, 2.24) is 9.97 Å². The second-order valence-electron chi connectivity index (χ2n) is 7.08. The molecule has 1 aliphatic heterocycles. The van der Waals surface area contributed by atoms with Crippen molar-refractivity contribution in [3.8, 4) is 0 Å². The predicted octanol–water partition coefficient (Wildman–Crippen LogP) is 2.89. The Labute approximate surface area is 165 Å². The van der Waals surface area contributed by atoms with Crippen LogP contribution in [0.1, 0.15) is 22.7 Å². The first-order chi connectivity index (χ1) is 13.3. The van der Waals surface area contributed by atoms with Gasteiger partial charge in [-0.2, -0.15) is 0 Å². The van der Waals surface area contributed by atoms with Crippen molar-refractivity contribution in [3.63, 3.8) is 0 Å². The number of hydrogen-bond donors (Lipinski definition) is 1. The first kappa shape index (κ1) is 17.6. The Morgan fingerprint density at radius 2 is 1.93 bits per heavy atom. The first-order valence-electron chi connectivity index (χ1n) is 9.42. The Morgan fingerprint density at radius 3 is 2.74 bits per heavy atom. The number of thiophene rings is 1. The van der Waals surface area contributed by atoms with Gasteiger partial charge in [0.05, 0.1) is 13.2 Å². The number of aryl methyl sites for hydroxylation is 2. The van der Waals surface area contributed by atoms with Gasteiger partial charge < -0.3 is 9.64 Å². The lowest BCUT2D eigenvalue weighted by Gasteiger charge is -2.23. The van der Waals surface area contributed by atoms with Gasteiger partial charge in [-0.25, -0.2) is 14.4 Å². The molecule has 0 atom stereocenters. The summed E-state index contributed by atoms with van der Waals surface area (Å²) >= 11 is 3.46. The van der Waals surface area contributed by atoms with Crippen molar-refractivity contribution < 1.29 is 14.0 Å². The number of nitrogens with one attached hydrogen (secondary N) is 1. The average molecular weight is 403 g/mol. The fraction of sp³-hybridized carbons (Fsp3) is 0.400. The summed E-state index contributed by atoms with van der Waals surface area (Å²) in [5.41, 5.74) is 1.44. The number of halogens is 1. The summed E-state index contributed by atoms with van der Waals surface area (Å²) in [4.78, 5) is 15.0. The van der Waals surface area contributed by atoms with Gasteiger partial charge in [0, 0.05) is 15.2 Å². The van der Waals surface area contributed by atoms with Gasteiger partial charge in [-0.3, -0.25) is 0 Å². The van der Waals surface area contributed by atoms with Gasteiger partial charge >= 0.3 is 0 Å². The van der Waals surface area contributed by atoms with Crippen LogP contribution in [-0.4, -0.2) is 36.3 Å². The molecule has 4 nitrogen and oxygen atoms in total. The highest BCUT2D eigenvalue weighted by Crippen LogP contribution is 2.42. The Hall–Kier alpha value is -1.54. The Bertz CT molecular complexity index is 968. The highest BCUT2D eigenvalue weighted by molar-refractivity contribution is 7.99. The van der Waals surface area contributed by atoms with Crippen molar-refractivity contribution in [2.45, 2.75) is 35.7 Å². The molecule has 3 heterocycles. The smallest absolute Gasteiger partial charge is 0.186 e. The van der Waals surface area contributed by atoms with E-state index in [2.05, 4.69) is 0 Å². The summed E-state index contributed by atoms with van der Waals surface area (Å²) < 4.78 is 18.8. The van der Waals surface area contributed by atoms with E-state index in [-0.39, 0.29) is 5.82 Å². The third-order valence-electron chi connectivity index (χ3n) is 5.21. The number of hydrogen-bond acceptors (Lipinski definition) is 5. The van der Waals surface area contributed by atoms with E-state index in [0.29, 0.717) is 0 Å². The molecule has 0 radical (unpaired) electrons. The largest absolute Gasteiger partial charge is 0.370 e. The predicted molar refractivity (Wildman–Crippen MR) is 105 cm³/mol. The van der Waals surface area contributed by atoms with Crippen LogP contribution in [0.2, 0.25) is 0 Å². The Morgan fingerprint density at radius 1 is 1.11 bits per heavy atom. The lowest BCUT2D eigenvalue weighted by Crippen LogP contribution is -3.12. The fourth-order valence-corrected chi connectivity index (χ4v) is 6.15. The van der Waals surface area contributed by atoms with E-state index >= 15 is 0 Å². The van der Waals surface area contributed by atoms with E-state index in [0.717, 1.165) is 66.3 Å². The summed E-state index contributed by atoms with van der Waals surface area (Å²) in [6.07, 6.45) is 3.49. The fourth-order valence-electron chi connectivity index (χ4n) is 3.83. The molecular weight excluding hydrogens is 381 g/mol. The average Bonchev–Trinajstić information content (AvgIpc) is 3.25. The van der Waals surface area contributed by atoms with Crippen molar-refractivity contribution >= 4 is 33.3 Å². The number of rotatable bonds is 4. The van der Waals surface area contributed by atoms with Crippen molar-refractivity contribution in [2.75, 3.05) is 26.3 Å². The summed E-state index contributed by atoms with van der Waals surface area (Å²) in [6.45, 7) is 4.45. The third kappa shape index (κ3) is 3.61. The minimum atomic E-state index is -0.208. The summed E-state index contributed by atoms with van der Waals surface area (Å²) in [6, 6.07) is 6.68. The van der Waals surface area contributed by atoms with Gasteiger partial charge in [-0.15, -0.1) is 11.3 Å². The lowest BCUT2D eigenvalue weighted by atomic mass is 10.2. The highest BCUT2D eigenvalue weighted by atomic mass is 32.2. The quantitative estimate of drug-likeness (QED) is 0.682. The molecule has 2 aromatic heterocycles. The van der Waals surface area contributed by atoms with Crippen LogP contribution in [0.4, 0.5) is 4.39 Å². The van der Waals surface area contributed by atoms with Gasteiger partial charge in [-0.1, -0.05) is 11.8 Å². The number of ether oxygens (including phenoxy) is 1. The highest BCUT2D eigenvalue weighted by Gasteiger charge is 2.24. The van der Waals surface area contributed by atoms with E-state index < -0.39 is 0 Å². The van der Waals surface area contributed by atoms with E-state index in [9.17, 15) is 4.39 Å². The van der Waals surface area contributed by atoms with Crippen molar-refractivity contribution in [3.05, 3.63) is 46.3 Å². The maximum Gasteiger partial charge on any atom is 0.186 e. The third-order valence-corrected chi connectivity index (χ3v) is 7.40. The number of nitrogens with zero attached hydrogens (tertiary/aromatic N) is 2. The lowest BCUT2D eigenvalue weighted by molar-refractivity contribution is -0.922. The molecule has 0 bridgehead atoms. The molecule has 7 heteroatoms. The number of aromatic nitrogens is 2. The van der Waals surface area contributed by atoms with Gasteiger partial charge in [-0.05, 0) is 49.1 Å². The van der Waals surface area contributed by atoms with Crippen LogP contribution in [0.15, 0.2) is 34.2 Å². The number of quaternary nitrogens is 1. The molecule has 27 heavy (non-hydrogen) atoms. The molecule has 1 aliphatic carbocycles. The molecule has 1 saturated heterocycles. The van der Waals surface area contributed by atoms with Crippen molar-refractivity contribution in [1.29, 1.82) is 0 Å². The number of benzene rings is 1. The van der Waals surface area contributed by atoms with Crippen LogP contribution in [-0.2, 0) is 24.1 Å². The molecule has 0 saturated carbocycles. The van der Waals surface area contributed by atoms with Gasteiger partial charge in [0.1, 0.15) is 35.3 Å². The molecule has 3 aromatic rings. The molecule has 1 fully saturated rings. The van der Waals surface area contributed by atoms with Crippen LogP contribution < -0.4 is 4.90 Å². The van der Waals surface area contributed by atoms with Crippen molar-refractivity contribution in [2.24, 2.45) is 0 Å². The van der Waals surface area contributed by atoms with E-state index in [1.165, 1.54) is 39.3 Å². The van der Waals surface area contributed by atoms with E-state index in [1.54, 1.807) is 11.8 Å². The monoisotopic (exact) mass is 402 g/mol. The van der Waals surface area contributed by atoms with E-state index in [1.807, 2.05) is 23.5 Å². The molecule has 140 valence electrons. The number of morpholine rings is 1. The molecule has 5 rings (SSSR count). The molecule has 1 aromatic carbocycles. The minimum absolute atomic E-state index is 0.208. The standard InChI is InChI=1S/C20H20FN3OS2/c21-13-4-6-14(7-5-13)26-19-18-15-2-1-3-16(15)27-20(18)23-17(22-19)12-24-8-10-25-11-9-24/h4-7H,1-3,8-12H2/p+1. The van der Waals surface area contributed by atoms with Crippen LogP contribution in [0, 0.1) is 5.82 Å². The minimum Gasteiger partial charge on any atom is -0.370 e. The zero-order valence-corrected chi connectivity index (χ0v) is 16.6. The number of fused-ring (bicyclic) bond motifs is 3. The van der Waals surface area contributed by atoms with Crippen LogP contribution in [0.3, 0.4) is 0 Å². The zero-order valence-electron chi connectivity index (χ0n) is 15.0. The van der Waals surface area contributed by atoms with Crippen LogP contribution >= 0.6 is 23.1 Å². The first-order valence-corrected chi connectivity index (χ1v) is 11.1. The van der Waals surface area contributed by atoms with Crippen LogP contribution in [0.25, 0.3) is 10.2 Å². The second kappa shape index (κ2) is 7.47. The Kier molecular flexibility index (Phi) is 4.85. The summed E-state index contributed by atoms with van der Waals surface area (Å²) in [5, 5.41) is 2.25. The topological polar surface area (TPSA) is 39.5 Å². The van der Waals surface area contributed by atoms with Gasteiger partial charge in [0.15, 0.2) is 5.82 Å². The Balaban J connectivity index is 1.54. The SMILES string of the molecule is Fc1ccc(Sc2nc(C[NH+]3CCOCC3)nc3sc4c(c23)CCC4)cc1. The zero-order chi connectivity index (χ0) is 18.2. The summed E-state index contributed by atoms with van der Waals surface area (Å²) in [7, 11) is 0. The molecule has 0 amide bonds. The summed E-state index contributed by atoms with van der Waals surface area (Å²) in [5.74, 6) is 0.698. The molecule has 2 aliphatic rings. The molecule has 1 N–H and O–H groups in total. The molecule has 0 unspecified atom stereocenters. The molecular formula is C20H21FN3OS2+. The maximum absolute atomic E-state index is 13.3. The van der Waals surface area contributed by atoms with Crippen LogP contribution in [0.5, 0.6) is 0 Å². The normalized spacial score (nSPS) is 17.5.